The van der Waals surface area contributed by atoms with Crippen LogP contribution in [-0.4, -0.2) is 12.0 Å². The van der Waals surface area contributed by atoms with Gasteiger partial charge in [-0.1, -0.05) is 25.1 Å². The van der Waals surface area contributed by atoms with E-state index in [0.717, 1.165) is 12.0 Å². The molecular formula is C9H13O3P. The van der Waals surface area contributed by atoms with Gasteiger partial charge in [-0.2, -0.15) is 0 Å². The third kappa shape index (κ3) is 2.19. The van der Waals surface area contributed by atoms with E-state index in [9.17, 15) is 9.46 Å². The Morgan fingerprint density at radius 1 is 1.46 bits per heavy atom. The Labute approximate surface area is 77.9 Å². The minimum atomic E-state index is -3.58. The molecule has 1 N–H and O–H groups in total. The topological polar surface area (TPSA) is 46.5 Å². The Balaban J connectivity index is 3.21. The number of rotatable bonds is 3. The second-order valence-corrected chi connectivity index (χ2v) is 4.57. The van der Waals surface area contributed by atoms with Crippen LogP contribution in [-0.2, 0) is 15.5 Å². The van der Waals surface area contributed by atoms with Gasteiger partial charge < -0.3 is 9.42 Å². The molecule has 0 aliphatic carbocycles. The highest BCUT2D eigenvalue weighted by Crippen LogP contribution is 2.40. The number of hydrogen-bond donors (Lipinski definition) is 1. The van der Waals surface area contributed by atoms with Crippen molar-refractivity contribution in [1.82, 2.24) is 0 Å². The van der Waals surface area contributed by atoms with Gasteiger partial charge in [0.2, 0.25) is 0 Å². The number of benzene rings is 1. The molecule has 0 radical (unpaired) electrons. The lowest BCUT2D eigenvalue weighted by molar-refractivity contribution is 0.328. The molecule has 0 aliphatic rings. The molecule has 0 saturated heterocycles. The summed E-state index contributed by atoms with van der Waals surface area (Å²) in [6.07, 6.45) is 0.726. The van der Waals surface area contributed by atoms with Gasteiger partial charge in [-0.15, -0.1) is 0 Å². The fourth-order valence-corrected chi connectivity index (χ4v) is 2.25. The first-order valence-corrected chi connectivity index (χ1v) is 5.66. The predicted octanol–water partition coefficient (Wildman–Crippen LogP) is 1.71. The molecule has 3 nitrogen and oxygen atoms in total. The van der Waals surface area contributed by atoms with Gasteiger partial charge in [-0.3, -0.25) is 4.57 Å². The van der Waals surface area contributed by atoms with Crippen molar-refractivity contribution in [1.29, 1.82) is 0 Å². The molecule has 13 heavy (non-hydrogen) atoms. The predicted molar refractivity (Wildman–Crippen MR) is 52.3 cm³/mol. The zero-order chi connectivity index (χ0) is 9.90. The average Bonchev–Trinajstić information content (AvgIpc) is 2.18. The molecule has 72 valence electrons. The molecule has 1 atom stereocenters. The summed E-state index contributed by atoms with van der Waals surface area (Å²) < 4.78 is 16.1. The standard InChI is InChI=1S/C9H13O3P/c1-3-8-6-4-5-7-9(8)13(10,11)12-2/h4-7H,3H2,1-2H3,(H,10,11). The smallest absolute Gasteiger partial charge is 0.321 e. The first kappa shape index (κ1) is 10.5. The summed E-state index contributed by atoms with van der Waals surface area (Å²) in [6.45, 7) is 1.94. The minimum absolute atomic E-state index is 0.403. The van der Waals surface area contributed by atoms with E-state index in [2.05, 4.69) is 4.52 Å². The lowest BCUT2D eigenvalue weighted by Crippen LogP contribution is -2.11. The van der Waals surface area contributed by atoms with Crippen molar-refractivity contribution in [3.05, 3.63) is 29.8 Å². The summed E-state index contributed by atoms with van der Waals surface area (Å²) in [5.41, 5.74) is 0.857. The molecule has 0 aromatic heterocycles. The van der Waals surface area contributed by atoms with E-state index in [-0.39, 0.29) is 0 Å². The summed E-state index contributed by atoms with van der Waals surface area (Å²) in [4.78, 5) is 9.44. The Morgan fingerprint density at radius 3 is 2.62 bits per heavy atom. The Morgan fingerprint density at radius 2 is 2.08 bits per heavy atom. The normalized spacial score (nSPS) is 15.3. The van der Waals surface area contributed by atoms with Crippen molar-refractivity contribution >= 4 is 12.9 Å². The van der Waals surface area contributed by atoms with Crippen molar-refractivity contribution in [2.24, 2.45) is 0 Å². The summed E-state index contributed by atoms with van der Waals surface area (Å²) >= 11 is 0. The molecule has 0 spiro atoms. The third-order valence-corrected chi connectivity index (χ3v) is 3.46. The highest BCUT2D eigenvalue weighted by molar-refractivity contribution is 7.61. The van der Waals surface area contributed by atoms with Gasteiger partial charge in [0.15, 0.2) is 0 Å². The van der Waals surface area contributed by atoms with Gasteiger partial charge in [0, 0.05) is 7.11 Å². The van der Waals surface area contributed by atoms with E-state index in [0.29, 0.717) is 5.30 Å². The van der Waals surface area contributed by atoms with Gasteiger partial charge in [-0.05, 0) is 18.1 Å². The molecule has 1 unspecified atom stereocenters. The van der Waals surface area contributed by atoms with Crippen LogP contribution >= 0.6 is 7.60 Å². The lowest BCUT2D eigenvalue weighted by atomic mass is 10.2. The number of hydrogen-bond acceptors (Lipinski definition) is 2. The maximum absolute atomic E-state index is 11.5. The van der Waals surface area contributed by atoms with Crippen molar-refractivity contribution in [2.45, 2.75) is 13.3 Å². The molecule has 1 aromatic rings. The second-order valence-electron chi connectivity index (χ2n) is 2.69. The van der Waals surface area contributed by atoms with Crippen LogP contribution in [0.4, 0.5) is 0 Å². The van der Waals surface area contributed by atoms with Crippen LogP contribution in [0.15, 0.2) is 24.3 Å². The van der Waals surface area contributed by atoms with Crippen molar-refractivity contribution in [3.63, 3.8) is 0 Å². The van der Waals surface area contributed by atoms with E-state index in [1.54, 1.807) is 12.1 Å². The van der Waals surface area contributed by atoms with Crippen molar-refractivity contribution in [2.75, 3.05) is 7.11 Å². The van der Waals surface area contributed by atoms with Crippen LogP contribution in [0.3, 0.4) is 0 Å². The largest absolute Gasteiger partial charge is 0.358 e. The lowest BCUT2D eigenvalue weighted by Gasteiger charge is -2.12. The SMILES string of the molecule is CCc1ccccc1P(=O)(O)OC. The highest BCUT2D eigenvalue weighted by atomic mass is 31.2. The van der Waals surface area contributed by atoms with Crippen molar-refractivity contribution < 1.29 is 14.0 Å². The van der Waals surface area contributed by atoms with Gasteiger partial charge in [0.25, 0.3) is 0 Å². The molecule has 0 amide bonds. The van der Waals surface area contributed by atoms with E-state index >= 15 is 0 Å². The molecule has 4 heteroatoms. The zero-order valence-electron chi connectivity index (χ0n) is 7.73. The van der Waals surface area contributed by atoms with Crippen LogP contribution < -0.4 is 5.30 Å². The Hall–Kier alpha value is -0.630. The molecule has 0 fully saturated rings. The zero-order valence-corrected chi connectivity index (χ0v) is 8.62. The first-order valence-electron chi connectivity index (χ1n) is 4.09. The molecule has 0 heterocycles. The van der Waals surface area contributed by atoms with E-state index in [1.165, 1.54) is 7.11 Å². The van der Waals surface area contributed by atoms with E-state index in [4.69, 9.17) is 0 Å². The van der Waals surface area contributed by atoms with Crippen LogP contribution in [0.25, 0.3) is 0 Å². The quantitative estimate of drug-likeness (QED) is 0.755. The minimum Gasteiger partial charge on any atom is -0.321 e. The van der Waals surface area contributed by atoms with Crippen LogP contribution in [0.2, 0.25) is 0 Å². The maximum atomic E-state index is 11.5. The Kier molecular flexibility index (Phi) is 3.26. The molecule has 1 aromatic carbocycles. The van der Waals surface area contributed by atoms with E-state index in [1.807, 2.05) is 19.1 Å². The maximum Gasteiger partial charge on any atom is 0.358 e. The fourth-order valence-electron chi connectivity index (χ4n) is 1.18. The van der Waals surface area contributed by atoms with Crippen LogP contribution in [0, 0.1) is 0 Å². The van der Waals surface area contributed by atoms with Crippen molar-refractivity contribution in [3.8, 4) is 0 Å². The van der Waals surface area contributed by atoms with Gasteiger partial charge in [0.05, 0.1) is 5.30 Å². The third-order valence-electron chi connectivity index (χ3n) is 1.92. The van der Waals surface area contributed by atoms with E-state index < -0.39 is 7.60 Å². The average molecular weight is 200 g/mol. The first-order chi connectivity index (χ1) is 6.11. The van der Waals surface area contributed by atoms with Crippen LogP contribution in [0.1, 0.15) is 12.5 Å². The molecule has 0 saturated carbocycles. The molecule has 1 rings (SSSR count). The Bertz CT molecular complexity index is 335. The summed E-state index contributed by atoms with van der Waals surface area (Å²) in [6, 6.07) is 7.04. The molecule has 0 aliphatic heterocycles. The monoisotopic (exact) mass is 200 g/mol. The molecular weight excluding hydrogens is 187 g/mol. The summed E-state index contributed by atoms with van der Waals surface area (Å²) in [5.74, 6) is 0. The summed E-state index contributed by atoms with van der Waals surface area (Å²) in [5, 5.41) is 0.403. The second kappa shape index (κ2) is 4.05. The fraction of sp³-hybridized carbons (Fsp3) is 0.333. The van der Waals surface area contributed by atoms with Gasteiger partial charge in [-0.25, -0.2) is 0 Å². The number of aryl methyl sites for hydroxylation is 1. The van der Waals surface area contributed by atoms with Gasteiger partial charge >= 0.3 is 7.60 Å². The van der Waals surface area contributed by atoms with Gasteiger partial charge in [0.1, 0.15) is 0 Å². The summed E-state index contributed by atoms with van der Waals surface area (Å²) in [7, 11) is -2.34. The highest BCUT2D eigenvalue weighted by Gasteiger charge is 2.22. The van der Waals surface area contributed by atoms with Crippen LogP contribution in [0.5, 0.6) is 0 Å². The molecule has 0 bridgehead atoms.